The van der Waals surface area contributed by atoms with Crippen molar-refractivity contribution in [1.82, 2.24) is 0 Å². The second kappa shape index (κ2) is 6.24. The highest BCUT2D eigenvalue weighted by molar-refractivity contribution is 7.91. The van der Waals surface area contributed by atoms with E-state index in [2.05, 4.69) is 0 Å². The van der Waals surface area contributed by atoms with E-state index >= 15 is 0 Å². The summed E-state index contributed by atoms with van der Waals surface area (Å²) in [6.07, 6.45) is 0. The fourth-order valence-electron chi connectivity index (χ4n) is 1.38. The van der Waals surface area contributed by atoms with Crippen LogP contribution < -0.4 is 9.47 Å². The third-order valence-corrected chi connectivity index (χ3v) is 3.25. The van der Waals surface area contributed by atoms with Crippen molar-refractivity contribution in [3.8, 4) is 11.5 Å². The van der Waals surface area contributed by atoms with Crippen molar-refractivity contribution in [3.63, 3.8) is 0 Å². The quantitative estimate of drug-likeness (QED) is 0.814. The van der Waals surface area contributed by atoms with Gasteiger partial charge < -0.3 is 9.47 Å². The number of para-hydroxylation sites is 2. The fraction of sp³-hybridized carbons (Fsp3) is 0.143. The minimum atomic E-state index is -3.42. The first-order valence-electron chi connectivity index (χ1n) is 5.72. The van der Waals surface area contributed by atoms with E-state index in [1.807, 2.05) is 12.1 Å². The molecular formula is C14H14O4S. The Hall–Kier alpha value is -2.01. The maximum absolute atomic E-state index is 11.7. The standard InChI is InChI=1S/C14H14O4S/c15-19(16,11-17-13-7-3-1-4-8-13)12-18-14-9-5-2-6-10-14/h1-10H,11-12H2. The fourth-order valence-corrected chi connectivity index (χ4v) is 2.08. The zero-order valence-electron chi connectivity index (χ0n) is 10.2. The molecule has 0 saturated carbocycles. The maximum Gasteiger partial charge on any atom is 0.219 e. The number of hydrogen-bond acceptors (Lipinski definition) is 4. The van der Waals surface area contributed by atoms with Crippen LogP contribution in [-0.2, 0) is 9.84 Å². The Kier molecular flexibility index (Phi) is 4.41. The van der Waals surface area contributed by atoms with Gasteiger partial charge in [-0.15, -0.1) is 0 Å². The van der Waals surface area contributed by atoms with Crippen LogP contribution in [0.15, 0.2) is 60.7 Å². The van der Waals surface area contributed by atoms with Gasteiger partial charge in [0.25, 0.3) is 0 Å². The molecule has 0 aliphatic carbocycles. The lowest BCUT2D eigenvalue weighted by molar-refractivity contribution is 0.347. The molecule has 2 aromatic rings. The smallest absolute Gasteiger partial charge is 0.219 e. The van der Waals surface area contributed by atoms with E-state index in [0.29, 0.717) is 11.5 Å². The first kappa shape index (κ1) is 13.4. The molecule has 0 spiro atoms. The van der Waals surface area contributed by atoms with Gasteiger partial charge in [-0.25, -0.2) is 8.42 Å². The number of hydrogen-bond donors (Lipinski definition) is 0. The molecule has 19 heavy (non-hydrogen) atoms. The third-order valence-electron chi connectivity index (χ3n) is 2.30. The Balaban J connectivity index is 1.86. The van der Waals surface area contributed by atoms with Gasteiger partial charge in [0.2, 0.25) is 9.84 Å². The highest BCUT2D eigenvalue weighted by Crippen LogP contribution is 2.11. The van der Waals surface area contributed by atoms with Gasteiger partial charge in [0.05, 0.1) is 0 Å². The lowest BCUT2D eigenvalue weighted by atomic mass is 10.3. The first-order valence-corrected chi connectivity index (χ1v) is 7.54. The van der Waals surface area contributed by atoms with E-state index < -0.39 is 21.7 Å². The highest BCUT2D eigenvalue weighted by atomic mass is 32.2. The SMILES string of the molecule is O=S(=O)(COc1ccccc1)COc1ccccc1. The third kappa shape index (κ3) is 4.63. The normalized spacial score (nSPS) is 10.9. The van der Waals surface area contributed by atoms with Crippen LogP contribution in [0.4, 0.5) is 0 Å². The van der Waals surface area contributed by atoms with Crippen LogP contribution in [0.5, 0.6) is 11.5 Å². The topological polar surface area (TPSA) is 52.6 Å². The Morgan fingerprint density at radius 2 is 1.05 bits per heavy atom. The van der Waals surface area contributed by atoms with Crippen LogP contribution in [0.2, 0.25) is 0 Å². The van der Waals surface area contributed by atoms with Gasteiger partial charge in [0.15, 0.2) is 11.9 Å². The molecular weight excluding hydrogens is 264 g/mol. The van der Waals surface area contributed by atoms with Crippen LogP contribution in [-0.4, -0.2) is 20.3 Å². The van der Waals surface area contributed by atoms with E-state index in [1.165, 1.54) is 0 Å². The van der Waals surface area contributed by atoms with E-state index in [1.54, 1.807) is 48.5 Å². The molecule has 0 N–H and O–H groups in total. The van der Waals surface area contributed by atoms with Crippen LogP contribution in [0, 0.1) is 0 Å². The van der Waals surface area contributed by atoms with E-state index in [4.69, 9.17) is 9.47 Å². The number of benzene rings is 2. The maximum atomic E-state index is 11.7. The van der Waals surface area contributed by atoms with Gasteiger partial charge in [-0.3, -0.25) is 0 Å². The molecule has 2 rings (SSSR count). The molecule has 0 bridgehead atoms. The summed E-state index contributed by atoms with van der Waals surface area (Å²) in [5.41, 5.74) is 0. The lowest BCUT2D eigenvalue weighted by Crippen LogP contribution is -2.19. The molecule has 5 heteroatoms. The first-order chi connectivity index (χ1) is 9.16. The van der Waals surface area contributed by atoms with Crippen LogP contribution in [0.25, 0.3) is 0 Å². The van der Waals surface area contributed by atoms with Crippen molar-refractivity contribution in [1.29, 1.82) is 0 Å². The minimum absolute atomic E-state index is 0.399. The van der Waals surface area contributed by atoms with Gasteiger partial charge in [-0.05, 0) is 24.3 Å². The summed E-state index contributed by atoms with van der Waals surface area (Å²) in [6.45, 7) is 0. The molecule has 0 aromatic heterocycles. The molecule has 0 aliphatic rings. The Bertz CT molecular complexity index is 544. The monoisotopic (exact) mass is 278 g/mol. The summed E-state index contributed by atoms with van der Waals surface area (Å²) in [7, 11) is -3.42. The summed E-state index contributed by atoms with van der Waals surface area (Å²) in [6, 6.07) is 17.6. The van der Waals surface area contributed by atoms with Gasteiger partial charge in [-0.1, -0.05) is 36.4 Å². The summed E-state index contributed by atoms with van der Waals surface area (Å²) in [5, 5.41) is 0. The molecule has 0 amide bonds. The lowest BCUT2D eigenvalue weighted by Gasteiger charge is -2.08. The second-order valence-electron chi connectivity index (χ2n) is 3.89. The second-order valence-corrected chi connectivity index (χ2v) is 5.85. The van der Waals surface area contributed by atoms with E-state index in [9.17, 15) is 8.42 Å². The van der Waals surface area contributed by atoms with Gasteiger partial charge in [0.1, 0.15) is 11.5 Å². The molecule has 2 aromatic carbocycles. The molecule has 0 radical (unpaired) electrons. The zero-order valence-corrected chi connectivity index (χ0v) is 11.0. The van der Waals surface area contributed by atoms with Crippen LogP contribution in [0.1, 0.15) is 0 Å². The summed E-state index contributed by atoms with van der Waals surface area (Å²) in [4.78, 5) is 0. The van der Waals surface area contributed by atoms with Crippen molar-refractivity contribution in [2.24, 2.45) is 0 Å². The molecule has 0 atom stereocenters. The van der Waals surface area contributed by atoms with Gasteiger partial charge in [0, 0.05) is 0 Å². The Morgan fingerprint density at radius 1 is 0.684 bits per heavy atom. The van der Waals surface area contributed by atoms with E-state index in [-0.39, 0.29) is 0 Å². The Morgan fingerprint density at radius 3 is 1.42 bits per heavy atom. The van der Waals surface area contributed by atoms with Crippen molar-refractivity contribution in [3.05, 3.63) is 60.7 Å². The predicted molar refractivity (Wildman–Crippen MR) is 72.8 cm³/mol. The van der Waals surface area contributed by atoms with Crippen molar-refractivity contribution >= 4 is 9.84 Å². The van der Waals surface area contributed by atoms with Gasteiger partial charge >= 0.3 is 0 Å². The van der Waals surface area contributed by atoms with Crippen LogP contribution >= 0.6 is 0 Å². The predicted octanol–water partition coefficient (Wildman–Crippen LogP) is 2.47. The summed E-state index contributed by atoms with van der Waals surface area (Å²) < 4.78 is 33.8. The highest BCUT2D eigenvalue weighted by Gasteiger charge is 2.12. The van der Waals surface area contributed by atoms with Gasteiger partial charge in [-0.2, -0.15) is 0 Å². The average molecular weight is 278 g/mol. The van der Waals surface area contributed by atoms with Crippen molar-refractivity contribution in [2.45, 2.75) is 0 Å². The molecule has 0 heterocycles. The molecule has 0 fully saturated rings. The molecule has 0 unspecified atom stereocenters. The number of sulfone groups is 1. The Labute approximate surface area is 112 Å². The van der Waals surface area contributed by atoms with Crippen LogP contribution in [0.3, 0.4) is 0 Å². The summed E-state index contributed by atoms with van der Waals surface area (Å²) in [5.74, 6) is 0.241. The van der Waals surface area contributed by atoms with Crippen molar-refractivity contribution < 1.29 is 17.9 Å². The summed E-state index contributed by atoms with van der Waals surface area (Å²) >= 11 is 0. The molecule has 100 valence electrons. The van der Waals surface area contributed by atoms with E-state index in [0.717, 1.165) is 0 Å². The number of ether oxygens (including phenoxy) is 2. The minimum Gasteiger partial charge on any atom is -0.478 e. The molecule has 0 saturated heterocycles. The van der Waals surface area contributed by atoms with Crippen molar-refractivity contribution in [2.75, 3.05) is 11.9 Å². The zero-order chi connectivity index (χ0) is 13.6. The number of rotatable bonds is 6. The molecule has 0 aliphatic heterocycles. The molecule has 4 nitrogen and oxygen atoms in total. The largest absolute Gasteiger partial charge is 0.478 e. The average Bonchev–Trinajstić information content (AvgIpc) is 2.46.